The van der Waals surface area contributed by atoms with E-state index in [4.69, 9.17) is 0 Å². The summed E-state index contributed by atoms with van der Waals surface area (Å²) in [7, 11) is 1.89. The first kappa shape index (κ1) is 18.4. The van der Waals surface area contributed by atoms with Gasteiger partial charge in [0.15, 0.2) is 0 Å². The molecule has 144 valence electrons. The predicted molar refractivity (Wildman–Crippen MR) is 110 cm³/mol. The van der Waals surface area contributed by atoms with Crippen LogP contribution in [0.15, 0.2) is 53.6 Å². The average molecular weight is 375 g/mol. The number of aromatic nitrogens is 2. The molecule has 1 aliphatic rings. The van der Waals surface area contributed by atoms with Gasteiger partial charge in [-0.3, -0.25) is 14.2 Å². The highest BCUT2D eigenvalue weighted by Gasteiger charge is 2.27. The molecule has 1 aliphatic carbocycles. The molecule has 0 N–H and O–H groups in total. The number of para-hydroxylation sites is 1. The molecule has 1 unspecified atom stereocenters. The minimum Gasteiger partial charge on any atom is -0.339 e. The summed E-state index contributed by atoms with van der Waals surface area (Å²) in [4.78, 5) is 31.7. The van der Waals surface area contributed by atoms with Gasteiger partial charge in [0.25, 0.3) is 5.56 Å². The van der Waals surface area contributed by atoms with Crippen LogP contribution >= 0.6 is 0 Å². The van der Waals surface area contributed by atoms with Crippen LogP contribution in [0.25, 0.3) is 10.9 Å². The molecular weight excluding hydrogens is 350 g/mol. The molecule has 0 bridgehead atoms. The molecule has 5 heteroatoms. The van der Waals surface area contributed by atoms with Crippen molar-refractivity contribution in [3.8, 4) is 0 Å². The van der Waals surface area contributed by atoms with Crippen molar-refractivity contribution in [2.24, 2.45) is 0 Å². The largest absolute Gasteiger partial charge is 0.339 e. The van der Waals surface area contributed by atoms with Gasteiger partial charge >= 0.3 is 0 Å². The van der Waals surface area contributed by atoms with E-state index in [0.717, 1.165) is 23.9 Å². The summed E-state index contributed by atoms with van der Waals surface area (Å²) < 4.78 is 1.61. The molecule has 1 atom stereocenters. The van der Waals surface area contributed by atoms with Crippen molar-refractivity contribution in [3.63, 3.8) is 0 Å². The highest BCUT2D eigenvalue weighted by molar-refractivity contribution is 5.80. The summed E-state index contributed by atoms with van der Waals surface area (Å²) in [5.41, 5.74) is 4.31. The lowest BCUT2D eigenvalue weighted by molar-refractivity contribution is -0.132. The average Bonchev–Trinajstić information content (AvgIpc) is 3.13. The van der Waals surface area contributed by atoms with E-state index in [1.165, 1.54) is 11.1 Å². The van der Waals surface area contributed by atoms with Gasteiger partial charge in [-0.1, -0.05) is 36.4 Å². The van der Waals surface area contributed by atoms with Crippen molar-refractivity contribution in [1.82, 2.24) is 14.5 Å². The second-order valence-corrected chi connectivity index (χ2v) is 7.58. The molecule has 4 rings (SSSR count). The Labute approximate surface area is 164 Å². The lowest BCUT2D eigenvalue weighted by atomic mass is 10.1. The lowest BCUT2D eigenvalue weighted by Crippen LogP contribution is -2.30. The molecular formula is C23H25N3O2. The van der Waals surface area contributed by atoms with Crippen LogP contribution in [0.3, 0.4) is 0 Å². The van der Waals surface area contributed by atoms with Crippen molar-refractivity contribution < 1.29 is 4.79 Å². The van der Waals surface area contributed by atoms with Crippen molar-refractivity contribution in [2.75, 3.05) is 7.05 Å². The zero-order valence-electron chi connectivity index (χ0n) is 16.4. The Hall–Kier alpha value is -2.95. The molecule has 5 nitrogen and oxygen atoms in total. The second-order valence-electron chi connectivity index (χ2n) is 7.58. The Morgan fingerprint density at radius 1 is 1.21 bits per heavy atom. The molecule has 1 aromatic heterocycles. The first-order chi connectivity index (χ1) is 13.6. The topological polar surface area (TPSA) is 55.2 Å². The number of nitrogens with zero attached hydrogens (tertiary/aromatic N) is 3. The summed E-state index contributed by atoms with van der Waals surface area (Å²) in [6, 6.07) is 14.2. The molecule has 0 saturated carbocycles. The first-order valence-electron chi connectivity index (χ1n) is 9.84. The van der Waals surface area contributed by atoms with Crippen LogP contribution < -0.4 is 5.56 Å². The van der Waals surface area contributed by atoms with Crippen molar-refractivity contribution >= 4 is 16.8 Å². The summed E-state index contributed by atoms with van der Waals surface area (Å²) in [5, 5.41) is 0.633. The Balaban J connectivity index is 1.40. The fourth-order valence-corrected chi connectivity index (χ4v) is 4.18. The van der Waals surface area contributed by atoms with E-state index in [2.05, 4.69) is 23.2 Å². The Morgan fingerprint density at radius 2 is 2.04 bits per heavy atom. The summed E-state index contributed by atoms with van der Waals surface area (Å²) >= 11 is 0. The van der Waals surface area contributed by atoms with E-state index in [1.807, 2.05) is 43.1 Å². The van der Waals surface area contributed by atoms with Gasteiger partial charge in [0.05, 0.1) is 23.3 Å². The van der Waals surface area contributed by atoms with E-state index in [0.29, 0.717) is 24.8 Å². The third-order valence-electron chi connectivity index (χ3n) is 5.81. The highest BCUT2D eigenvalue weighted by Crippen LogP contribution is 2.35. The Kier molecular flexibility index (Phi) is 4.99. The molecule has 0 saturated heterocycles. The smallest absolute Gasteiger partial charge is 0.261 e. The molecule has 0 fully saturated rings. The normalized spacial score (nSPS) is 15.6. The quantitative estimate of drug-likeness (QED) is 0.684. The number of carbonyl (C=O) groups is 1. The van der Waals surface area contributed by atoms with E-state index >= 15 is 0 Å². The van der Waals surface area contributed by atoms with E-state index < -0.39 is 0 Å². The zero-order chi connectivity index (χ0) is 19.7. The number of rotatable bonds is 5. The number of benzene rings is 2. The van der Waals surface area contributed by atoms with Crippen molar-refractivity contribution in [1.29, 1.82) is 0 Å². The van der Waals surface area contributed by atoms with Gasteiger partial charge < -0.3 is 4.90 Å². The van der Waals surface area contributed by atoms with Gasteiger partial charge in [0.2, 0.25) is 5.91 Å². The predicted octanol–water partition coefficient (Wildman–Crippen LogP) is 3.63. The highest BCUT2D eigenvalue weighted by atomic mass is 16.2. The van der Waals surface area contributed by atoms with E-state index in [9.17, 15) is 9.59 Å². The number of hydrogen-bond acceptors (Lipinski definition) is 3. The summed E-state index contributed by atoms with van der Waals surface area (Å²) in [5.74, 6) is 0.124. The van der Waals surface area contributed by atoms with Gasteiger partial charge in [-0.15, -0.1) is 0 Å². The maximum Gasteiger partial charge on any atom is 0.261 e. The number of hydrogen-bond donors (Lipinski definition) is 0. The molecule has 1 heterocycles. The molecule has 3 aromatic rings. The van der Waals surface area contributed by atoms with E-state index in [1.54, 1.807) is 10.9 Å². The van der Waals surface area contributed by atoms with Crippen molar-refractivity contribution in [2.45, 2.75) is 45.2 Å². The maximum atomic E-state index is 12.7. The van der Waals surface area contributed by atoms with Crippen LogP contribution in [0, 0.1) is 6.92 Å². The maximum absolute atomic E-state index is 12.7. The van der Waals surface area contributed by atoms with Crippen LogP contribution in [0.2, 0.25) is 0 Å². The number of carbonyl (C=O) groups excluding carboxylic acids is 1. The van der Waals surface area contributed by atoms with Gasteiger partial charge in [0, 0.05) is 20.0 Å². The summed E-state index contributed by atoms with van der Waals surface area (Å²) in [6.07, 6.45) is 4.65. The standard InChI is InChI=1S/C23H25N3O2/c1-16-7-5-10-19-22(16)24-15-26(23(19)28)14-6-11-21(27)25(2)20-13-12-17-8-3-4-9-18(17)20/h3-5,7-10,15,20H,6,11-14H2,1-2H3. The van der Waals surface area contributed by atoms with Crippen molar-refractivity contribution in [3.05, 3.63) is 75.8 Å². The van der Waals surface area contributed by atoms with Gasteiger partial charge in [-0.25, -0.2) is 4.98 Å². The lowest BCUT2D eigenvalue weighted by Gasteiger charge is -2.25. The molecule has 2 aromatic carbocycles. The molecule has 0 spiro atoms. The second kappa shape index (κ2) is 7.58. The van der Waals surface area contributed by atoms with Crippen LogP contribution in [-0.2, 0) is 17.8 Å². The van der Waals surface area contributed by atoms with Crippen LogP contribution in [-0.4, -0.2) is 27.4 Å². The van der Waals surface area contributed by atoms with Crippen LogP contribution in [0.1, 0.15) is 42.0 Å². The number of fused-ring (bicyclic) bond motifs is 2. The SMILES string of the molecule is Cc1cccc2c(=O)n(CCCC(=O)N(C)C3CCc4ccccc43)cnc12. The first-order valence-corrected chi connectivity index (χ1v) is 9.84. The fraction of sp³-hybridized carbons (Fsp3) is 0.348. The minimum absolute atomic E-state index is 0.0424. The Bertz CT molecular complexity index is 1090. The van der Waals surface area contributed by atoms with Gasteiger partial charge in [-0.2, -0.15) is 0 Å². The third-order valence-corrected chi connectivity index (χ3v) is 5.81. The number of aryl methyl sites for hydroxylation is 3. The van der Waals surface area contributed by atoms with Crippen LogP contribution in [0.5, 0.6) is 0 Å². The van der Waals surface area contributed by atoms with Gasteiger partial charge in [-0.05, 0) is 48.9 Å². The molecule has 0 aliphatic heterocycles. The van der Waals surface area contributed by atoms with Gasteiger partial charge in [0.1, 0.15) is 0 Å². The molecule has 28 heavy (non-hydrogen) atoms. The monoisotopic (exact) mass is 375 g/mol. The molecule has 0 radical (unpaired) electrons. The number of amides is 1. The molecule has 1 amide bonds. The zero-order valence-corrected chi connectivity index (χ0v) is 16.4. The summed E-state index contributed by atoms with van der Waals surface area (Å²) in [6.45, 7) is 2.45. The minimum atomic E-state index is -0.0424. The third kappa shape index (κ3) is 3.33. The fourth-order valence-electron chi connectivity index (χ4n) is 4.18. The van der Waals surface area contributed by atoms with E-state index in [-0.39, 0.29) is 17.5 Å². The van der Waals surface area contributed by atoms with Crippen LogP contribution in [0.4, 0.5) is 0 Å². The Morgan fingerprint density at radius 3 is 2.89 bits per heavy atom.